The zero-order valence-corrected chi connectivity index (χ0v) is 21.7. The summed E-state index contributed by atoms with van der Waals surface area (Å²) < 4.78 is 0. The number of aromatic nitrogens is 4. The fourth-order valence-corrected chi connectivity index (χ4v) is 5.23. The maximum absolute atomic E-state index is 4.95. The SMILES string of the molecule is CCN1C(=CC#CC2N(CC)c3nc4ccccc4nc3N2CC)N(CC)c2nc3ccccc3nc21. The molecule has 0 amide bonds. The molecular weight excluding hydrogens is 460 g/mol. The molecule has 0 N–H and O–H groups in total. The van der Waals surface area contributed by atoms with Crippen LogP contribution in [0.5, 0.6) is 0 Å². The van der Waals surface area contributed by atoms with Crippen molar-refractivity contribution in [3.8, 4) is 11.8 Å². The molecule has 8 nitrogen and oxygen atoms in total. The summed E-state index contributed by atoms with van der Waals surface area (Å²) in [4.78, 5) is 28.7. The van der Waals surface area contributed by atoms with E-state index in [1.54, 1.807) is 0 Å². The fourth-order valence-electron chi connectivity index (χ4n) is 5.23. The Labute approximate surface area is 217 Å². The lowest BCUT2D eigenvalue weighted by Gasteiger charge is -2.26. The van der Waals surface area contributed by atoms with Crippen LogP contribution in [-0.2, 0) is 0 Å². The van der Waals surface area contributed by atoms with E-state index in [0.29, 0.717) is 0 Å². The van der Waals surface area contributed by atoms with Crippen molar-refractivity contribution in [2.75, 3.05) is 45.8 Å². The lowest BCUT2D eigenvalue weighted by atomic mass is 10.3. The minimum atomic E-state index is -0.133. The van der Waals surface area contributed by atoms with Crippen LogP contribution in [0.2, 0.25) is 0 Å². The van der Waals surface area contributed by atoms with E-state index >= 15 is 0 Å². The topological polar surface area (TPSA) is 64.5 Å². The molecule has 0 fully saturated rings. The van der Waals surface area contributed by atoms with E-state index in [4.69, 9.17) is 19.9 Å². The monoisotopic (exact) mass is 490 g/mol. The van der Waals surface area contributed by atoms with Crippen molar-refractivity contribution >= 4 is 45.3 Å². The highest BCUT2D eigenvalue weighted by molar-refractivity contribution is 5.86. The Kier molecular flexibility index (Phi) is 5.76. The largest absolute Gasteiger partial charge is 0.323 e. The van der Waals surface area contributed by atoms with Gasteiger partial charge in [0.2, 0.25) is 0 Å². The molecule has 0 radical (unpaired) electrons. The van der Waals surface area contributed by atoms with Gasteiger partial charge in [0.15, 0.2) is 29.4 Å². The molecule has 2 aromatic heterocycles. The third kappa shape index (κ3) is 3.61. The zero-order valence-electron chi connectivity index (χ0n) is 21.7. The summed E-state index contributed by atoms with van der Waals surface area (Å²) in [5.41, 5.74) is 3.60. The molecule has 0 bridgehead atoms. The van der Waals surface area contributed by atoms with Crippen LogP contribution in [0.4, 0.5) is 23.3 Å². The van der Waals surface area contributed by atoms with Gasteiger partial charge >= 0.3 is 0 Å². The number of anilines is 4. The van der Waals surface area contributed by atoms with Crippen molar-refractivity contribution in [1.29, 1.82) is 0 Å². The van der Waals surface area contributed by atoms with Crippen molar-refractivity contribution in [2.24, 2.45) is 0 Å². The zero-order chi connectivity index (χ0) is 25.5. The molecule has 2 aromatic carbocycles. The number of para-hydroxylation sites is 4. The van der Waals surface area contributed by atoms with Gasteiger partial charge in [-0.15, -0.1) is 0 Å². The minimum Gasteiger partial charge on any atom is -0.323 e. The first-order valence-corrected chi connectivity index (χ1v) is 13.0. The highest BCUT2D eigenvalue weighted by Crippen LogP contribution is 2.40. The minimum absolute atomic E-state index is 0.133. The maximum Gasteiger partial charge on any atom is 0.178 e. The first-order chi connectivity index (χ1) is 18.2. The third-order valence-electron chi connectivity index (χ3n) is 7.00. The van der Waals surface area contributed by atoms with Gasteiger partial charge in [0.1, 0.15) is 5.82 Å². The van der Waals surface area contributed by atoms with Crippen LogP contribution >= 0.6 is 0 Å². The van der Waals surface area contributed by atoms with Crippen LogP contribution in [0.25, 0.3) is 22.1 Å². The van der Waals surface area contributed by atoms with Crippen LogP contribution in [0, 0.1) is 11.8 Å². The average Bonchev–Trinajstić information content (AvgIpc) is 3.39. The van der Waals surface area contributed by atoms with Crippen LogP contribution in [0.3, 0.4) is 0 Å². The summed E-state index contributed by atoms with van der Waals surface area (Å²) in [7, 11) is 0. The number of nitrogens with zero attached hydrogens (tertiary/aromatic N) is 8. The first kappa shape index (κ1) is 23.0. The van der Waals surface area contributed by atoms with Gasteiger partial charge in [-0.3, -0.25) is 0 Å². The quantitative estimate of drug-likeness (QED) is 0.379. The summed E-state index contributed by atoms with van der Waals surface area (Å²) in [6.07, 6.45) is 1.87. The number of fused-ring (bicyclic) bond motifs is 4. The molecular formula is C29H30N8. The van der Waals surface area contributed by atoms with Crippen molar-refractivity contribution < 1.29 is 0 Å². The van der Waals surface area contributed by atoms with E-state index in [0.717, 1.165) is 77.3 Å². The van der Waals surface area contributed by atoms with Crippen LogP contribution in [0.1, 0.15) is 27.7 Å². The summed E-state index contributed by atoms with van der Waals surface area (Å²) in [6, 6.07) is 16.0. The van der Waals surface area contributed by atoms with Gasteiger partial charge in [-0.25, -0.2) is 19.9 Å². The van der Waals surface area contributed by atoms with Crippen LogP contribution in [-0.4, -0.2) is 52.3 Å². The van der Waals surface area contributed by atoms with E-state index < -0.39 is 0 Å². The second-order valence-electron chi connectivity index (χ2n) is 8.94. The lowest BCUT2D eigenvalue weighted by Crippen LogP contribution is -2.42. The summed E-state index contributed by atoms with van der Waals surface area (Å²) >= 11 is 0. The van der Waals surface area contributed by atoms with Gasteiger partial charge in [0.25, 0.3) is 0 Å². The van der Waals surface area contributed by atoms with E-state index in [2.05, 4.69) is 59.1 Å². The Balaban J connectivity index is 1.39. The molecule has 2 aliphatic rings. The van der Waals surface area contributed by atoms with E-state index in [-0.39, 0.29) is 6.17 Å². The number of allylic oxidation sites excluding steroid dienone is 1. The Bertz CT molecular complexity index is 1480. The Hall–Kier alpha value is -4.38. The van der Waals surface area contributed by atoms with E-state index in [1.165, 1.54) is 0 Å². The molecule has 0 saturated heterocycles. The van der Waals surface area contributed by atoms with Crippen molar-refractivity contribution in [2.45, 2.75) is 33.9 Å². The second-order valence-corrected chi connectivity index (χ2v) is 8.94. The molecule has 0 aliphatic carbocycles. The molecule has 186 valence electrons. The summed E-state index contributed by atoms with van der Waals surface area (Å²) in [5, 5.41) is 0. The van der Waals surface area contributed by atoms with Gasteiger partial charge in [0, 0.05) is 32.3 Å². The Morgan fingerprint density at radius 1 is 0.622 bits per heavy atom. The third-order valence-corrected chi connectivity index (χ3v) is 7.00. The smallest absolute Gasteiger partial charge is 0.178 e. The molecule has 4 aromatic rings. The first-order valence-electron chi connectivity index (χ1n) is 13.0. The average molecular weight is 491 g/mol. The van der Waals surface area contributed by atoms with Crippen molar-refractivity contribution in [3.05, 3.63) is 60.4 Å². The van der Waals surface area contributed by atoms with Crippen molar-refractivity contribution in [1.82, 2.24) is 19.9 Å². The number of rotatable bonds is 4. The predicted molar refractivity (Wildman–Crippen MR) is 151 cm³/mol. The molecule has 0 saturated carbocycles. The molecule has 0 atom stereocenters. The molecule has 37 heavy (non-hydrogen) atoms. The molecule has 6 rings (SSSR count). The Morgan fingerprint density at radius 3 is 1.41 bits per heavy atom. The van der Waals surface area contributed by atoms with Crippen LogP contribution in [0.15, 0.2) is 60.4 Å². The molecule has 8 heteroatoms. The fraction of sp³-hybridized carbons (Fsp3) is 0.310. The van der Waals surface area contributed by atoms with Crippen LogP contribution < -0.4 is 19.6 Å². The Morgan fingerprint density at radius 2 is 1.03 bits per heavy atom. The van der Waals surface area contributed by atoms with Gasteiger partial charge in [-0.1, -0.05) is 36.1 Å². The number of hydrogen-bond donors (Lipinski definition) is 0. The summed E-state index contributed by atoms with van der Waals surface area (Å²) in [6.45, 7) is 11.7. The lowest BCUT2D eigenvalue weighted by molar-refractivity contribution is 0.704. The van der Waals surface area contributed by atoms with Gasteiger partial charge in [-0.2, -0.15) is 0 Å². The molecule has 0 unspecified atom stereocenters. The summed E-state index contributed by atoms with van der Waals surface area (Å²) in [5.74, 6) is 11.5. The standard InChI is InChI=1S/C29H30N8/c1-5-34-24(35(6-2)27-26(34)30-20-14-9-10-15-21(20)31-27)18-13-19-25-36(7-3)28-29(37(25)8-4)33-23-17-12-11-16-22(23)32-28/h9-12,14-18,25H,5-8H2,1-4H3. The highest BCUT2D eigenvalue weighted by atomic mass is 15.5. The van der Waals surface area contributed by atoms with Gasteiger partial charge < -0.3 is 19.6 Å². The molecule has 2 aliphatic heterocycles. The van der Waals surface area contributed by atoms with Gasteiger partial charge in [-0.05, 0) is 52.0 Å². The maximum atomic E-state index is 4.95. The number of benzene rings is 2. The molecule has 0 spiro atoms. The predicted octanol–water partition coefficient (Wildman–Crippen LogP) is 4.78. The van der Waals surface area contributed by atoms with Gasteiger partial charge in [0.05, 0.1) is 22.1 Å². The van der Waals surface area contributed by atoms with Crippen molar-refractivity contribution in [3.63, 3.8) is 0 Å². The molecule has 4 heterocycles. The normalized spacial score (nSPS) is 14.9. The van der Waals surface area contributed by atoms with E-state index in [9.17, 15) is 0 Å². The number of hydrogen-bond acceptors (Lipinski definition) is 8. The van der Waals surface area contributed by atoms with E-state index in [1.807, 2.05) is 54.6 Å². The highest BCUT2D eigenvalue weighted by Gasteiger charge is 2.36. The second kappa shape index (κ2) is 9.25.